The molecule has 5 rings (SSSR count). The average molecular weight is 543 g/mol. The summed E-state index contributed by atoms with van der Waals surface area (Å²) < 4.78 is 34.5. The fourth-order valence-corrected chi connectivity index (χ4v) is 6.48. The van der Waals surface area contributed by atoms with Crippen LogP contribution in [0, 0.1) is 0 Å². The van der Waals surface area contributed by atoms with Crippen molar-refractivity contribution in [3.05, 3.63) is 77.3 Å². The fraction of sp³-hybridized carbons (Fsp3) is 0.200. The van der Waals surface area contributed by atoms with Gasteiger partial charge in [0.1, 0.15) is 11.3 Å². The van der Waals surface area contributed by atoms with E-state index >= 15 is 0 Å². The molecule has 1 fully saturated rings. The smallest absolute Gasteiger partial charge is 0.261 e. The number of ether oxygens (including phenoxy) is 1. The zero-order chi connectivity index (χ0) is 25.3. The maximum absolute atomic E-state index is 13.4. The van der Waals surface area contributed by atoms with Gasteiger partial charge < -0.3 is 14.5 Å². The molecule has 0 radical (unpaired) electrons. The van der Waals surface area contributed by atoms with Crippen molar-refractivity contribution in [2.75, 3.05) is 42.9 Å². The van der Waals surface area contributed by atoms with Crippen LogP contribution >= 0.6 is 22.9 Å². The van der Waals surface area contributed by atoms with Crippen molar-refractivity contribution in [1.82, 2.24) is 9.88 Å². The number of carbonyl (C=O) groups excluding carboxylic acids is 1. The lowest BCUT2D eigenvalue weighted by molar-refractivity contribution is 0.0748. The normalized spacial score (nSPS) is 14.2. The molecule has 1 N–H and O–H groups in total. The number of piperazine rings is 1. The molecule has 4 aromatic rings. The second-order valence-corrected chi connectivity index (χ2v) is 11.2. The molecule has 0 unspecified atom stereocenters. The van der Waals surface area contributed by atoms with Gasteiger partial charge in [0.2, 0.25) is 0 Å². The quantitative estimate of drug-likeness (QED) is 0.379. The Balaban J connectivity index is 1.32. The number of rotatable bonds is 6. The lowest BCUT2D eigenvalue weighted by Crippen LogP contribution is -2.48. The predicted molar refractivity (Wildman–Crippen MR) is 143 cm³/mol. The molecule has 186 valence electrons. The van der Waals surface area contributed by atoms with E-state index in [4.69, 9.17) is 21.3 Å². The zero-order valence-electron chi connectivity index (χ0n) is 19.3. The number of amides is 1. The van der Waals surface area contributed by atoms with Gasteiger partial charge in [0, 0.05) is 26.2 Å². The lowest BCUT2D eigenvalue weighted by atomic mass is 10.1. The minimum Gasteiger partial charge on any atom is -0.494 e. The third-order valence-corrected chi connectivity index (χ3v) is 8.92. The van der Waals surface area contributed by atoms with E-state index in [0.29, 0.717) is 42.5 Å². The van der Waals surface area contributed by atoms with Gasteiger partial charge in [-0.1, -0.05) is 53.3 Å². The number of sulfonamides is 1. The fourth-order valence-electron chi connectivity index (χ4n) is 4.07. The van der Waals surface area contributed by atoms with Gasteiger partial charge >= 0.3 is 0 Å². The summed E-state index contributed by atoms with van der Waals surface area (Å²) in [5.74, 6) is 0.440. The maximum Gasteiger partial charge on any atom is 0.261 e. The summed E-state index contributed by atoms with van der Waals surface area (Å²) >= 11 is 7.86. The Kier molecular flexibility index (Phi) is 6.74. The van der Waals surface area contributed by atoms with E-state index in [0.717, 1.165) is 15.3 Å². The molecule has 8 nitrogen and oxygen atoms in total. The monoisotopic (exact) mass is 542 g/mol. The Morgan fingerprint density at radius 1 is 1.00 bits per heavy atom. The molecule has 1 aromatic heterocycles. The summed E-state index contributed by atoms with van der Waals surface area (Å²) in [7, 11) is -2.22. The first-order chi connectivity index (χ1) is 17.4. The number of halogens is 1. The predicted octanol–water partition coefficient (Wildman–Crippen LogP) is 4.72. The number of carbonyl (C=O) groups is 1. The molecule has 36 heavy (non-hydrogen) atoms. The van der Waals surface area contributed by atoms with Gasteiger partial charge in [-0.05, 0) is 36.4 Å². The minimum atomic E-state index is -3.82. The summed E-state index contributed by atoms with van der Waals surface area (Å²) in [6.07, 6.45) is 0. The molecule has 1 aliphatic rings. The molecule has 0 aliphatic carbocycles. The van der Waals surface area contributed by atoms with E-state index < -0.39 is 10.0 Å². The van der Waals surface area contributed by atoms with Crippen LogP contribution in [0.3, 0.4) is 0 Å². The van der Waals surface area contributed by atoms with Crippen molar-refractivity contribution in [3.63, 3.8) is 0 Å². The SMILES string of the molecule is COc1ccc(Cl)c2sc(N3CCN(C(=O)c4ccccc4NS(=O)(=O)c4ccccc4)CC3)nc12. The van der Waals surface area contributed by atoms with Gasteiger partial charge in [-0.2, -0.15) is 0 Å². The second-order valence-electron chi connectivity index (χ2n) is 8.17. The third-order valence-electron chi connectivity index (χ3n) is 5.96. The van der Waals surface area contributed by atoms with Gasteiger partial charge in [-0.3, -0.25) is 9.52 Å². The molecular formula is C25H23ClN4O4S2. The molecule has 0 saturated carbocycles. The molecule has 1 aliphatic heterocycles. The van der Waals surface area contributed by atoms with Crippen LogP contribution in [0.1, 0.15) is 10.4 Å². The molecule has 0 spiro atoms. The number of aromatic nitrogens is 1. The highest BCUT2D eigenvalue weighted by Crippen LogP contribution is 2.39. The molecular weight excluding hydrogens is 520 g/mol. The van der Waals surface area contributed by atoms with Gasteiger partial charge in [-0.15, -0.1) is 0 Å². The molecule has 2 heterocycles. The minimum absolute atomic E-state index is 0.133. The summed E-state index contributed by atoms with van der Waals surface area (Å²) in [6, 6.07) is 18.3. The summed E-state index contributed by atoms with van der Waals surface area (Å²) in [6.45, 7) is 2.12. The molecule has 1 saturated heterocycles. The van der Waals surface area contributed by atoms with Gasteiger partial charge in [0.15, 0.2) is 5.13 Å². The first-order valence-corrected chi connectivity index (χ1v) is 13.9. The van der Waals surface area contributed by atoms with Crippen LogP contribution in [-0.4, -0.2) is 57.5 Å². The Morgan fingerprint density at radius 3 is 2.42 bits per heavy atom. The highest BCUT2D eigenvalue weighted by atomic mass is 35.5. The van der Waals surface area contributed by atoms with Crippen LogP contribution in [0.5, 0.6) is 5.75 Å². The summed E-state index contributed by atoms with van der Waals surface area (Å²) in [5, 5.41) is 1.44. The summed E-state index contributed by atoms with van der Waals surface area (Å²) in [5.41, 5.74) is 1.28. The van der Waals surface area contributed by atoms with Crippen LogP contribution in [0.4, 0.5) is 10.8 Å². The van der Waals surface area contributed by atoms with Crippen molar-refractivity contribution in [1.29, 1.82) is 0 Å². The molecule has 0 bridgehead atoms. The number of methoxy groups -OCH3 is 1. The number of benzene rings is 3. The number of nitrogens with zero attached hydrogens (tertiary/aromatic N) is 3. The van der Waals surface area contributed by atoms with E-state index in [1.807, 2.05) is 0 Å². The van der Waals surface area contributed by atoms with Crippen LogP contribution < -0.4 is 14.4 Å². The molecule has 1 amide bonds. The summed E-state index contributed by atoms with van der Waals surface area (Å²) in [4.78, 5) is 22.1. The first-order valence-electron chi connectivity index (χ1n) is 11.2. The highest BCUT2D eigenvalue weighted by Gasteiger charge is 2.27. The molecule has 3 aromatic carbocycles. The van der Waals surface area contributed by atoms with Crippen molar-refractivity contribution in [2.24, 2.45) is 0 Å². The highest BCUT2D eigenvalue weighted by molar-refractivity contribution is 7.92. The van der Waals surface area contributed by atoms with Crippen molar-refractivity contribution >= 4 is 59.9 Å². The van der Waals surface area contributed by atoms with Crippen LogP contribution in [-0.2, 0) is 10.0 Å². The van der Waals surface area contributed by atoms with Gasteiger partial charge in [-0.25, -0.2) is 13.4 Å². The van der Waals surface area contributed by atoms with E-state index in [1.165, 1.54) is 23.5 Å². The Morgan fingerprint density at radius 2 is 1.69 bits per heavy atom. The largest absolute Gasteiger partial charge is 0.494 e. The Bertz CT molecular complexity index is 1520. The standard InChI is InChI=1S/C25H23ClN4O4S2/c1-34-21-12-11-19(26)23-22(21)27-25(35-23)30-15-13-29(14-16-30)24(31)18-9-5-6-10-20(18)28-36(32,33)17-7-3-2-4-8-17/h2-12,28H,13-16H2,1H3. The zero-order valence-corrected chi connectivity index (χ0v) is 21.7. The maximum atomic E-state index is 13.4. The third kappa shape index (κ3) is 4.71. The van der Waals surface area contributed by atoms with Crippen molar-refractivity contribution < 1.29 is 17.9 Å². The van der Waals surface area contributed by atoms with Crippen molar-refractivity contribution in [2.45, 2.75) is 4.90 Å². The van der Waals surface area contributed by atoms with E-state index in [2.05, 4.69) is 9.62 Å². The Hall–Kier alpha value is -3.34. The first kappa shape index (κ1) is 24.4. The van der Waals surface area contributed by atoms with Crippen molar-refractivity contribution in [3.8, 4) is 5.75 Å². The topological polar surface area (TPSA) is 91.8 Å². The van der Waals surface area contributed by atoms with E-state index in [9.17, 15) is 13.2 Å². The number of thiazole rings is 1. The number of hydrogen-bond donors (Lipinski definition) is 1. The number of fused-ring (bicyclic) bond motifs is 1. The lowest BCUT2D eigenvalue weighted by Gasteiger charge is -2.34. The van der Waals surface area contributed by atoms with Crippen LogP contribution in [0.15, 0.2) is 71.6 Å². The van der Waals surface area contributed by atoms with Crippen LogP contribution in [0.2, 0.25) is 5.02 Å². The average Bonchev–Trinajstić information content (AvgIpc) is 3.36. The Labute approximate surface area is 218 Å². The number of hydrogen-bond acceptors (Lipinski definition) is 7. The molecule has 11 heteroatoms. The van der Waals surface area contributed by atoms with Gasteiger partial charge in [0.05, 0.1) is 33.0 Å². The second kappa shape index (κ2) is 9.96. The van der Waals surface area contributed by atoms with Gasteiger partial charge in [0.25, 0.3) is 15.9 Å². The molecule has 0 atom stereocenters. The number of para-hydroxylation sites is 1. The van der Waals surface area contributed by atoms with E-state index in [-0.39, 0.29) is 16.5 Å². The number of nitrogens with one attached hydrogen (secondary N) is 1. The number of anilines is 2. The van der Waals surface area contributed by atoms with Crippen LogP contribution in [0.25, 0.3) is 10.2 Å². The van der Waals surface area contributed by atoms with E-state index in [1.54, 1.807) is 66.6 Å².